The van der Waals surface area contributed by atoms with E-state index in [1.54, 1.807) is 43.3 Å². The number of benzene rings is 2. The Kier molecular flexibility index (Phi) is 11.6. The Morgan fingerprint density at radius 2 is 1.21 bits per heavy atom. The Balaban J connectivity index is 0.000000411. The molecular weight excluding hydrogens is 368 g/mol. The van der Waals surface area contributed by atoms with Crippen LogP contribution in [0.3, 0.4) is 0 Å². The molecule has 0 fully saturated rings. The zero-order valence-electron chi connectivity index (χ0n) is 15.1. The number of carboxylic acids is 2. The smallest absolute Gasteiger partial charge is 0.337 e. The van der Waals surface area contributed by atoms with Gasteiger partial charge in [-0.1, -0.05) is 31.2 Å². The first-order chi connectivity index (χ1) is 13.3. The quantitative estimate of drug-likeness (QED) is 0.183. The van der Waals surface area contributed by atoms with Crippen molar-refractivity contribution in [3.8, 4) is 0 Å². The third-order valence-electron chi connectivity index (χ3n) is 3.11. The zero-order valence-corrected chi connectivity index (χ0v) is 15.1. The van der Waals surface area contributed by atoms with Crippen LogP contribution >= 0.6 is 0 Å². The van der Waals surface area contributed by atoms with Crippen molar-refractivity contribution in [2.24, 2.45) is 11.7 Å². The molecule has 0 aliphatic rings. The monoisotopic (exact) mass is 390 g/mol. The van der Waals surface area contributed by atoms with Crippen LogP contribution in [0.1, 0.15) is 34.1 Å². The highest BCUT2D eigenvalue weighted by molar-refractivity contribution is 6.24. The number of hydrogen-bond donors (Lipinski definition) is 6. The molecule has 0 spiro atoms. The molecule has 28 heavy (non-hydrogen) atoms. The lowest BCUT2D eigenvalue weighted by Gasteiger charge is -2.02. The Hall–Kier alpha value is -3.76. The number of hydrogen-bond acceptors (Lipinski definition) is 8. The number of aromatic carboxylic acids is 2. The van der Waals surface area contributed by atoms with Crippen molar-refractivity contribution in [2.75, 3.05) is 10.9 Å². The standard InChI is InChI=1S/2C7H8N2O2.C4H6O2/c2*8-9-6-4-2-1-3-5(6)7(10)11;1-2-4(6)3-5/h2*1-4,9H,8H2,(H,10,11);3H,2H2,1H3. The van der Waals surface area contributed by atoms with Crippen LogP contribution in [-0.2, 0) is 9.59 Å². The van der Waals surface area contributed by atoms with Gasteiger partial charge in [0.1, 0.15) is 0 Å². The van der Waals surface area contributed by atoms with Gasteiger partial charge in [0, 0.05) is 6.42 Å². The van der Waals surface area contributed by atoms with Gasteiger partial charge in [-0.15, -0.1) is 0 Å². The van der Waals surface area contributed by atoms with Crippen LogP contribution in [0.2, 0.25) is 0 Å². The van der Waals surface area contributed by atoms with E-state index in [1.165, 1.54) is 12.1 Å². The Morgan fingerprint density at radius 3 is 1.39 bits per heavy atom. The van der Waals surface area contributed by atoms with Crippen molar-refractivity contribution in [1.82, 2.24) is 0 Å². The maximum Gasteiger partial charge on any atom is 0.337 e. The van der Waals surface area contributed by atoms with Crippen LogP contribution in [0, 0.1) is 0 Å². The fourth-order valence-electron chi connectivity index (χ4n) is 1.67. The molecule has 2 rings (SSSR count). The molecule has 0 heterocycles. The van der Waals surface area contributed by atoms with Crippen molar-refractivity contribution >= 4 is 35.4 Å². The second kappa shape index (κ2) is 13.4. The van der Waals surface area contributed by atoms with Crippen LogP contribution in [0.15, 0.2) is 48.5 Å². The molecule has 0 radical (unpaired) electrons. The van der Waals surface area contributed by atoms with E-state index in [0.29, 0.717) is 24.1 Å². The molecule has 2 aromatic carbocycles. The topological polar surface area (TPSA) is 185 Å². The lowest BCUT2D eigenvalue weighted by molar-refractivity contribution is -0.129. The third-order valence-corrected chi connectivity index (χ3v) is 3.11. The largest absolute Gasteiger partial charge is 0.478 e. The molecule has 2 aromatic rings. The van der Waals surface area contributed by atoms with Gasteiger partial charge in [-0.2, -0.15) is 0 Å². The molecule has 0 saturated heterocycles. The first-order valence-electron chi connectivity index (χ1n) is 7.88. The summed E-state index contributed by atoms with van der Waals surface area (Å²) >= 11 is 0. The number of carboxylic acid groups (broad SMARTS) is 2. The number of carbonyl (C=O) groups is 4. The number of anilines is 2. The van der Waals surface area contributed by atoms with Crippen molar-refractivity contribution < 1.29 is 29.4 Å². The van der Waals surface area contributed by atoms with E-state index in [9.17, 15) is 19.2 Å². The predicted molar refractivity (Wildman–Crippen MR) is 104 cm³/mol. The molecule has 0 amide bonds. The van der Waals surface area contributed by atoms with Crippen LogP contribution in [-0.4, -0.2) is 34.2 Å². The van der Waals surface area contributed by atoms with Gasteiger partial charge in [0.2, 0.25) is 0 Å². The summed E-state index contributed by atoms with van der Waals surface area (Å²) in [5, 5.41) is 17.2. The summed E-state index contributed by atoms with van der Waals surface area (Å²) in [6, 6.07) is 12.9. The number of hydrazine groups is 2. The summed E-state index contributed by atoms with van der Waals surface area (Å²) in [6.07, 6.45) is 0.656. The van der Waals surface area contributed by atoms with Gasteiger partial charge in [0.15, 0.2) is 12.1 Å². The highest BCUT2D eigenvalue weighted by Crippen LogP contribution is 2.13. The minimum Gasteiger partial charge on any atom is -0.478 e. The number of aldehydes is 1. The van der Waals surface area contributed by atoms with Crippen LogP contribution in [0.25, 0.3) is 0 Å². The van der Waals surface area contributed by atoms with E-state index in [-0.39, 0.29) is 16.9 Å². The molecule has 0 saturated carbocycles. The SMILES string of the molecule is CCC(=O)C=O.NNc1ccccc1C(=O)O.NNc1ccccc1C(=O)O. The fraction of sp³-hybridized carbons (Fsp3) is 0.111. The van der Waals surface area contributed by atoms with E-state index in [4.69, 9.17) is 21.9 Å². The maximum absolute atomic E-state index is 10.5. The molecule has 10 heteroatoms. The van der Waals surface area contributed by atoms with E-state index >= 15 is 0 Å². The molecule has 0 atom stereocenters. The second-order valence-corrected chi connectivity index (χ2v) is 4.93. The summed E-state index contributed by atoms with van der Waals surface area (Å²) in [7, 11) is 0. The van der Waals surface area contributed by atoms with Gasteiger partial charge >= 0.3 is 11.9 Å². The zero-order chi connectivity index (χ0) is 21.5. The van der Waals surface area contributed by atoms with E-state index in [2.05, 4.69) is 10.9 Å². The lowest BCUT2D eigenvalue weighted by Crippen LogP contribution is -2.11. The van der Waals surface area contributed by atoms with Gasteiger partial charge in [-0.05, 0) is 24.3 Å². The fourth-order valence-corrected chi connectivity index (χ4v) is 1.67. The molecule has 0 bridgehead atoms. The number of nitrogens with one attached hydrogen (secondary N) is 2. The summed E-state index contributed by atoms with van der Waals surface area (Å²) < 4.78 is 0. The average molecular weight is 390 g/mol. The van der Waals surface area contributed by atoms with E-state index in [1.807, 2.05) is 0 Å². The molecule has 0 unspecified atom stereocenters. The number of carbonyl (C=O) groups excluding carboxylic acids is 2. The van der Waals surface area contributed by atoms with Gasteiger partial charge in [-0.3, -0.25) is 21.3 Å². The normalized spacial score (nSPS) is 8.82. The van der Waals surface area contributed by atoms with Gasteiger partial charge < -0.3 is 21.1 Å². The molecule has 8 N–H and O–H groups in total. The number of nitrogens with two attached hydrogens (primary N) is 2. The summed E-state index contributed by atoms with van der Waals surface area (Å²) in [4.78, 5) is 40.2. The second-order valence-electron chi connectivity index (χ2n) is 4.93. The van der Waals surface area contributed by atoms with E-state index in [0.717, 1.165) is 0 Å². The third kappa shape index (κ3) is 8.56. The Labute approximate surface area is 161 Å². The number of Topliss-reactive ketones (excluding diaryl/α,β-unsaturated/α-hetero) is 1. The van der Waals surface area contributed by atoms with E-state index < -0.39 is 11.9 Å². The Bertz CT molecular complexity index is 753. The number of ketones is 1. The van der Waals surface area contributed by atoms with Gasteiger partial charge in [0.05, 0.1) is 22.5 Å². The molecule has 0 aliphatic carbocycles. The van der Waals surface area contributed by atoms with Gasteiger partial charge in [0.25, 0.3) is 0 Å². The lowest BCUT2D eigenvalue weighted by atomic mass is 10.2. The van der Waals surface area contributed by atoms with Crippen molar-refractivity contribution in [1.29, 1.82) is 0 Å². The van der Waals surface area contributed by atoms with Crippen molar-refractivity contribution in [3.05, 3.63) is 59.7 Å². The molecule has 0 aromatic heterocycles. The Morgan fingerprint density at radius 1 is 0.857 bits per heavy atom. The van der Waals surface area contributed by atoms with Crippen molar-refractivity contribution in [2.45, 2.75) is 13.3 Å². The van der Waals surface area contributed by atoms with Crippen LogP contribution < -0.4 is 22.5 Å². The average Bonchev–Trinajstić information content (AvgIpc) is 2.73. The number of rotatable bonds is 6. The molecule has 10 nitrogen and oxygen atoms in total. The first-order valence-corrected chi connectivity index (χ1v) is 7.88. The number of nitrogen functional groups attached to an aromatic ring is 2. The summed E-state index contributed by atoms with van der Waals surface area (Å²) in [5.41, 5.74) is 5.78. The summed E-state index contributed by atoms with van der Waals surface area (Å²) in [5.74, 6) is 7.84. The van der Waals surface area contributed by atoms with Crippen LogP contribution in [0.5, 0.6) is 0 Å². The first kappa shape index (κ1) is 24.2. The highest BCUT2D eigenvalue weighted by atomic mass is 16.4. The minimum atomic E-state index is -0.987. The van der Waals surface area contributed by atoms with Gasteiger partial charge in [-0.25, -0.2) is 9.59 Å². The van der Waals surface area contributed by atoms with Crippen LogP contribution in [0.4, 0.5) is 11.4 Å². The molecule has 150 valence electrons. The molecular formula is C18H22N4O6. The number of para-hydroxylation sites is 2. The minimum absolute atomic E-state index is 0.176. The molecule has 0 aliphatic heterocycles. The predicted octanol–water partition coefficient (Wildman–Crippen LogP) is 1.51. The van der Waals surface area contributed by atoms with Crippen molar-refractivity contribution in [3.63, 3.8) is 0 Å². The summed E-state index contributed by atoms with van der Waals surface area (Å²) in [6.45, 7) is 1.65. The maximum atomic E-state index is 10.5. The highest BCUT2D eigenvalue weighted by Gasteiger charge is 2.06.